The lowest BCUT2D eigenvalue weighted by Crippen LogP contribution is -2.38. The van der Waals surface area contributed by atoms with Gasteiger partial charge in [-0.1, -0.05) is 37.0 Å². The van der Waals surface area contributed by atoms with E-state index in [2.05, 4.69) is 4.72 Å². The largest absolute Gasteiger partial charge is 0.339 e. The Hall–Kier alpha value is -2.34. The molecule has 1 fully saturated rings. The summed E-state index contributed by atoms with van der Waals surface area (Å²) >= 11 is 0. The fourth-order valence-electron chi connectivity index (χ4n) is 3.67. The third-order valence-corrected chi connectivity index (χ3v) is 6.87. The van der Waals surface area contributed by atoms with Crippen molar-refractivity contribution >= 4 is 21.6 Å². The van der Waals surface area contributed by atoms with Crippen LogP contribution < -0.4 is 4.72 Å². The molecule has 1 aliphatic rings. The molecule has 2 aromatic carbocycles. The van der Waals surface area contributed by atoms with E-state index in [9.17, 15) is 13.2 Å². The van der Waals surface area contributed by atoms with Crippen LogP contribution in [0.2, 0.25) is 0 Å². The summed E-state index contributed by atoms with van der Waals surface area (Å²) in [6.07, 6.45) is 5.68. The molecule has 28 heavy (non-hydrogen) atoms. The van der Waals surface area contributed by atoms with Gasteiger partial charge in [-0.15, -0.1) is 0 Å². The Bertz CT molecular complexity index is 946. The first-order valence-corrected chi connectivity index (χ1v) is 11.2. The molecule has 0 saturated heterocycles. The first kappa shape index (κ1) is 20.4. The average molecular weight is 401 g/mol. The van der Waals surface area contributed by atoms with Crippen LogP contribution in [0.25, 0.3) is 0 Å². The highest BCUT2D eigenvalue weighted by Crippen LogP contribution is 2.25. The van der Waals surface area contributed by atoms with Gasteiger partial charge in [-0.3, -0.25) is 9.52 Å². The smallest absolute Gasteiger partial charge is 0.261 e. The molecule has 0 aromatic heterocycles. The SMILES string of the molecule is Cc1ccc(S(=O)(=O)Nc2ccc(C(=O)N(C)C3CCCCC3)cc2C)cc1. The number of carbonyl (C=O) groups excluding carboxylic acids is 1. The molecule has 1 saturated carbocycles. The molecule has 1 amide bonds. The second kappa shape index (κ2) is 8.35. The highest BCUT2D eigenvalue weighted by molar-refractivity contribution is 7.92. The van der Waals surface area contributed by atoms with E-state index in [0.717, 1.165) is 24.0 Å². The summed E-state index contributed by atoms with van der Waals surface area (Å²) in [5.41, 5.74) is 2.79. The van der Waals surface area contributed by atoms with Crippen LogP contribution in [0, 0.1) is 13.8 Å². The molecule has 150 valence electrons. The normalized spacial score (nSPS) is 15.2. The lowest BCUT2D eigenvalue weighted by molar-refractivity contribution is 0.0696. The van der Waals surface area contributed by atoms with Crippen molar-refractivity contribution in [3.05, 3.63) is 59.2 Å². The maximum absolute atomic E-state index is 12.8. The van der Waals surface area contributed by atoms with Gasteiger partial charge in [0.15, 0.2) is 0 Å². The molecular formula is C22H28N2O3S. The van der Waals surface area contributed by atoms with Gasteiger partial charge in [-0.2, -0.15) is 0 Å². The van der Waals surface area contributed by atoms with Gasteiger partial charge in [0, 0.05) is 18.7 Å². The average Bonchev–Trinajstić information content (AvgIpc) is 2.69. The van der Waals surface area contributed by atoms with Crippen molar-refractivity contribution < 1.29 is 13.2 Å². The minimum atomic E-state index is -3.66. The number of aryl methyl sites for hydroxylation is 2. The van der Waals surface area contributed by atoms with Crippen LogP contribution in [0.1, 0.15) is 53.6 Å². The van der Waals surface area contributed by atoms with E-state index < -0.39 is 10.0 Å². The number of nitrogens with zero attached hydrogens (tertiary/aromatic N) is 1. The number of carbonyl (C=O) groups is 1. The third kappa shape index (κ3) is 4.55. The molecule has 0 spiro atoms. The van der Waals surface area contributed by atoms with Gasteiger partial charge in [-0.05, 0) is 62.6 Å². The zero-order valence-corrected chi connectivity index (χ0v) is 17.6. The van der Waals surface area contributed by atoms with Gasteiger partial charge in [0.1, 0.15) is 0 Å². The number of nitrogens with one attached hydrogen (secondary N) is 1. The van der Waals surface area contributed by atoms with E-state index in [4.69, 9.17) is 0 Å². The van der Waals surface area contributed by atoms with E-state index in [1.165, 1.54) is 19.3 Å². The third-order valence-electron chi connectivity index (χ3n) is 5.49. The predicted molar refractivity (Wildman–Crippen MR) is 112 cm³/mol. The Kier molecular flexibility index (Phi) is 6.08. The van der Waals surface area contributed by atoms with Crippen LogP contribution in [-0.4, -0.2) is 32.3 Å². The van der Waals surface area contributed by atoms with Gasteiger partial charge in [0.05, 0.1) is 10.6 Å². The van der Waals surface area contributed by atoms with Crippen molar-refractivity contribution in [1.29, 1.82) is 0 Å². The van der Waals surface area contributed by atoms with Gasteiger partial charge < -0.3 is 4.90 Å². The summed E-state index contributed by atoms with van der Waals surface area (Å²) in [6, 6.07) is 12.1. The van der Waals surface area contributed by atoms with Crippen molar-refractivity contribution in [2.75, 3.05) is 11.8 Å². The quantitative estimate of drug-likeness (QED) is 0.803. The van der Waals surface area contributed by atoms with E-state index >= 15 is 0 Å². The maximum atomic E-state index is 12.8. The molecule has 0 bridgehead atoms. The van der Waals surface area contributed by atoms with Crippen molar-refractivity contribution in [2.45, 2.75) is 56.9 Å². The molecule has 0 unspecified atom stereocenters. The van der Waals surface area contributed by atoms with Crippen LogP contribution in [0.15, 0.2) is 47.4 Å². The van der Waals surface area contributed by atoms with E-state index in [0.29, 0.717) is 17.3 Å². The second-order valence-corrected chi connectivity index (χ2v) is 9.34. The van der Waals surface area contributed by atoms with E-state index in [1.807, 2.05) is 25.8 Å². The molecule has 0 atom stereocenters. The van der Waals surface area contributed by atoms with Gasteiger partial charge in [-0.25, -0.2) is 8.42 Å². The molecule has 0 radical (unpaired) electrons. The number of benzene rings is 2. The Morgan fingerprint density at radius 2 is 1.64 bits per heavy atom. The number of anilines is 1. The van der Waals surface area contributed by atoms with Gasteiger partial charge in [0.25, 0.3) is 15.9 Å². The van der Waals surface area contributed by atoms with E-state index in [-0.39, 0.29) is 10.8 Å². The fourth-order valence-corrected chi connectivity index (χ4v) is 4.80. The van der Waals surface area contributed by atoms with Crippen molar-refractivity contribution in [3.63, 3.8) is 0 Å². The number of hydrogen-bond donors (Lipinski definition) is 1. The predicted octanol–water partition coefficient (Wildman–Crippen LogP) is 4.51. The van der Waals surface area contributed by atoms with Crippen molar-refractivity contribution in [1.82, 2.24) is 4.90 Å². The summed E-state index contributed by atoms with van der Waals surface area (Å²) in [6.45, 7) is 3.72. The Morgan fingerprint density at radius 1 is 1.00 bits per heavy atom. The molecule has 1 N–H and O–H groups in total. The summed E-state index contributed by atoms with van der Waals surface area (Å²) in [5, 5.41) is 0. The van der Waals surface area contributed by atoms with E-state index in [1.54, 1.807) is 42.5 Å². The number of rotatable bonds is 5. The molecule has 2 aromatic rings. The topological polar surface area (TPSA) is 66.5 Å². The highest BCUT2D eigenvalue weighted by atomic mass is 32.2. The first-order chi connectivity index (χ1) is 13.3. The minimum Gasteiger partial charge on any atom is -0.339 e. The Labute approximate surface area is 167 Å². The Morgan fingerprint density at radius 3 is 2.25 bits per heavy atom. The summed E-state index contributed by atoms with van der Waals surface area (Å²) in [5.74, 6) is -0.0112. The summed E-state index contributed by atoms with van der Waals surface area (Å²) in [7, 11) is -1.80. The van der Waals surface area contributed by atoms with Crippen LogP contribution in [-0.2, 0) is 10.0 Å². The summed E-state index contributed by atoms with van der Waals surface area (Å²) in [4.78, 5) is 14.9. The molecule has 3 rings (SSSR count). The molecule has 0 aliphatic heterocycles. The molecule has 5 nitrogen and oxygen atoms in total. The van der Waals surface area contributed by atoms with Gasteiger partial charge >= 0.3 is 0 Å². The van der Waals surface area contributed by atoms with Gasteiger partial charge in [0.2, 0.25) is 0 Å². The zero-order chi connectivity index (χ0) is 20.3. The monoisotopic (exact) mass is 400 g/mol. The summed E-state index contributed by atoms with van der Waals surface area (Å²) < 4.78 is 27.9. The Balaban J connectivity index is 1.76. The van der Waals surface area contributed by atoms with Crippen LogP contribution in [0.5, 0.6) is 0 Å². The lowest BCUT2D eigenvalue weighted by atomic mass is 9.94. The second-order valence-electron chi connectivity index (χ2n) is 7.66. The maximum Gasteiger partial charge on any atom is 0.261 e. The van der Waals surface area contributed by atoms with Crippen molar-refractivity contribution in [3.8, 4) is 0 Å². The standard InChI is InChI=1S/C22H28N2O3S/c1-16-9-12-20(13-10-16)28(26,27)23-21-14-11-18(15-17(21)2)22(25)24(3)19-7-5-4-6-8-19/h9-15,19,23H,4-8H2,1-3H3. The lowest BCUT2D eigenvalue weighted by Gasteiger charge is -2.31. The molecule has 1 aliphatic carbocycles. The fraction of sp³-hybridized carbons (Fsp3) is 0.409. The highest BCUT2D eigenvalue weighted by Gasteiger charge is 2.23. The van der Waals surface area contributed by atoms with Crippen molar-refractivity contribution in [2.24, 2.45) is 0 Å². The van der Waals surface area contributed by atoms with Crippen LogP contribution >= 0.6 is 0 Å². The zero-order valence-electron chi connectivity index (χ0n) is 16.7. The molecule has 0 heterocycles. The number of amides is 1. The molecular weight excluding hydrogens is 372 g/mol. The van der Waals surface area contributed by atoms with Crippen LogP contribution in [0.3, 0.4) is 0 Å². The first-order valence-electron chi connectivity index (χ1n) is 9.75. The molecule has 6 heteroatoms. The minimum absolute atomic E-state index is 0.0112. The number of hydrogen-bond acceptors (Lipinski definition) is 3. The van der Waals surface area contributed by atoms with Crippen LogP contribution in [0.4, 0.5) is 5.69 Å². The number of sulfonamides is 1.